The molecule has 1 saturated heterocycles. The van der Waals surface area contributed by atoms with Gasteiger partial charge in [0.15, 0.2) is 11.2 Å². The number of carboxylic acids is 1. The van der Waals surface area contributed by atoms with Crippen molar-refractivity contribution in [2.45, 2.75) is 51.2 Å². The highest BCUT2D eigenvalue weighted by Gasteiger charge is 2.35. The summed E-state index contributed by atoms with van der Waals surface area (Å²) in [5, 5.41) is 13.9. The van der Waals surface area contributed by atoms with Gasteiger partial charge in [-0.15, -0.1) is 11.3 Å². The summed E-state index contributed by atoms with van der Waals surface area (Å²) in [6.45, 7) is 6.14. The van der Waals surface area contributed by atoms with Crippen LogP contribution in [0.15, 0.2) is 5.38 Å². The molecule has 2 rings (SSSR count). The molecule has 0 saturated carbocycles. The fraction of sp³-hybridized carbons (Fsp3) is 0.615. The maximum absolute atomic E-state index is 12.0. The van der Waals surface area contributed by atoms with E-state index in [0.717, 1.165) is 5.69 Å². The topological polar surface area (TPSA) is 88.5 Å². The van der Waals surface area contributed by atoms with Gasteiger partial charge in [-0.2, -0.15) is 0 Å². The lowest BCUT2D eigenvalue weighted by Gasteiger charge is -2.14. The van der Waals surface area contributed by atoms with E-state index in [1.807, 2.05) is 26.2 Å². The van der Waals surface area contributed by atoms with E-state index in [9.17, 15) is 9.59 Å². The number of anilines is 1. The molecule has 0 unspecified atom stereocenters. The number of amides is 1. The lowest BCUT2D eigenvalue weighted by Crippen LogP contribution is -2.30. The summed E-state index contributed by atoms with van der Waals surface area (Å²) in [5.74, 6) is -1.35. The second-order valence-corrected chi connectivity index (χ2v) is 6.66. The van der Waals surface area contributed by atoms with Crippen LogP contribution in [-0.4, -0.2) is 34.2 Å². The number of hydrogen-bond donors (Lipinski definition) is 2. The summed E-state index contributed by atoms with van der Waals surface area (Å²) in [4.78, 5) is 27.1. The Bertz CT molecular complexity index is 521. The van der Waals surface area contributed by atoms with Gasteiger partial charge in [0.25, 0.3) is 5.91 Å². The maximum atomic E-state index is 12.0. The Labute approximate surface area is 121 Å². The number of thiazole rings is 1. The van der Waals surface area contributed by atoms with Crippen LogP contribution in [0.25, 0.3) is 0 Å². The first kappa shape index (κ1) is 14.9. The van der Waals surface area contributed by atoms with Crippen molar-refractivity contribution in [1.29, 1.82) is 0 Å². The highest BCUT2D eigenvalue weighted by Crippen LogP contribution is 2.27. The second kappa shape index (κ2) is 5.49. The molecule has 6 nitrogen and oxygen atoms in total. The van der Waals surface area contributed by atoms with E-state index in [-0.39, 0.29) is 11.3 Å². The number of carbonyl (C=O) groups excluding carboxylic acids is 1. The molecule has 1 amide bonds. The molecule has 1 aliphatic heterocycles. The number of nitrogens with zero attached hydrogens (tertiary/aromatic N) is 1. The fourth-order valence-electron chi connectivity index (χ4n) is 1.87. The zero-order valence-electron chi connectivity index (χ0n) is 11.7. The largest absolute Gasteiger partial charge is 0.479 e. The molecule has 2 heterocycles. The third-order valence-corrected chi connectivity index (χ3v) is 3.85. The Morgan fingerprint density at radius 2 is 2.05 bits per heavy atom. The number of rotatable bonds is 3. The summed E-state index contributed by atoms with van der Waals surface area (Å²) >= 11 is 1.36. The zero-order valence-corrected chi connectivity index (χ0v) is 12.5. The smallest absolute Gasteiger partial charge is 0.332 e. The molecule has 2 N–H and O–H groups in total. The highest BCUT2D eigenvalue weighted by atomic mass is 32.1. The molecule has 0 radical (unpaired) electrons. The van der Waals surface area contributed by atoms with Gasteiger partial charge < -0.3 is 9.84 Å². The van der Waals surface area contributed by atoms with Crippen LogP contribution in [0.4, 0.5) is 5.13 Å². The molecule has 1 aliphatic rings. The Balaban J connectivity index is 1.95. The van der Waals surface area contributed by atoms with E-state index < -0.39 is 18.2 Å². The number of ether oxygens (including phenoxy) is 1. The molecule has 1 aromatic heterocycles. The SMILES string of the molecule is CC(C)(C)c1csc(NC(=O)[C@@H]2CC[C@H](C(=O)O)O2)n1. The number of carbonyl (C=O) groups is 2. The van der Waals surface area contributed by atoms with E-state index >= 15 is 0 Å². The maximum Gasteiger partial charge on any atom is 0.332 e. The minimum Gasteiger partial charge on any atom is -0.479 e. The van der Waals surface area contributed by atoms with Gasteiger partial charge >= 0.3 is 5.97 Å². The first-order valence-corrected chi connectivity index (χ1v) is 7.30. The number of nitrogens with one attached hydrogen (secondary N) is 1. The molecule has 0 bridgehead atoms. The lowest BCUT2D eigenvalue weighted by atomic mass is 9.93. The first-order valence-electron chi connectivity index (χ1n) is 6.42. The number of aromatic nitrogens is 1. The zero-order chi connectivity index (χ0) is 14.9. The van der Waals surface area contributed by atoms with Gasteiger partial charge in [0.2, 0.25) is 0 Å². The van der Waals surface area contributed by atoms with Gasteiger partial charge in [-0.1, -0.05) is 20.8 Å². The minimum atomic E-state index is -1.02. The highest BCUT2D eigenvalue weighted by molar-refractivity contribution is 7.13. The summed E-state index contributed by atoms with van der Waals surface area (Å²) in [6, 6.07) is 0. The summed E-state index contributed by atoms with van der Waals surface area (Å²) in [7, 11) is 0. The van der Waals surface area contributed by atoms with Gasteiger partial charge in [-0.25, -0.2) is 9.78 Å². The third kappa shape index (κ3) is 3.34. The van der Waals surface area contributed by atoms with Crippen LogP contribution < -0.4 is 5.32 Å². The van der Waals surface area contributed by atoms with E-state index in [2.05, 4.69) is 10.3 Å². The first-order chi connectivity index (χ1) is 9.27. The average Bonchev–Trinajstić information content (AvgIpc) is 2.95. The Morgan fingerprint density at radius 3 is 2.55 bits per heavy atom. The number of aliphatic carboxylic acids is 1. The van der Waals surface area contributed by atoms with Crippen LogP contribution in [0.2, 0.25) is 0 Å². The Kier molecular flexibility index (Phi) is 4.10. The summed E-state index contributed by atoms with van der Waals surface area (Å²) in [5.41, 5.74) is 0.839. The van der Waals surface area contributed by atoms with Crippen LogP contribution in [0, 0.1) is 0 Å². The molecule has 7 heteroatoms. The molecule has 1 fully saturated rings. The van der Waals surface area contributed by atoms with Crippen LogP contribution in [0.1, 0.15) is 39.3 Å². The number of hydrogen-bond acceptors (Lipinski definition) is 5. The fourth-order valence-corrected chi connectivity index (χ4v) is 2.81. The van der Waals surface area contributed by atoms with E-state index in [4.69, 9.17) is 9.84 Å². The van der Waals surface area contributed by atoms with Crippen molar-refractivity contribution in [1.82, 2.24) is 4.98 Å². The van der Waals surface area contributed by atoms with Crippen molar-refractivity contribution in [3.05, 3.63) is 11.1 Å². The molecule has 1 aromatic rings. The Morgan fingerprint density at radius 1 is 1.40 bits per heavy atom. The molecular weight excluding hydrogens is 280 g/mol. The summed E-state index contributed by atoms with van der Waals surface area (Å²) < 4.78 is 5.20. The van der Waals surface area contributed by atoms with Crippen LogP contribution in [0.5, 0.6) is 0 Å². The molecule has 0 aliphatic carbocycles. The normalized spacial score (nSPS) is 22.8. The molecular formula is C13H18N2O4S. The predicted molar refractivity (Wildman–Crippen MR) is 75.0 cm³/mol. The van der Waals surface area contributed by atoms with Crippen LogP contribution >= 0.6 is 11.3 Å². The van der Waals surface area contributed by atoms with Crippen molar-refractivity contribution < 1.29 is 19.4 Å². The van der Waals surface area contributed by atoms with Crippen molar-refractivity contribution in [2.24, 2.45) is 0 Å². The van der Waals surface area contributed by atoms with E-state index in [1.54, 1.807) is 0 Å². The average molecular weight is 298 g/mol. The quantitative estimate of drug-likeness (QED) is 0.891. The van der Waals surface area contributed by atoms with E-state index in [1.165, 1.54) is 11.3 Å². The van der Waals surface area contributed by atoms with Crippen molar-refractivity contribution in [3.8, 4) is 0 Å². The molecule has 2 atom stereocenters. The minimum absolute atomic E-state index is 0.0717. The van der Waals surface area contributed by atoms with Gasteiger partial charge in [0.1, 0.15) is 6.10 Å². The third-order valence-electron chi connectivity index (χ3n) is 3.09. The molecule has 20 heavy (non-hydrogen) atoms. The summed E-state index contributed by atoms with van der Waals surface area (Å²) in [6.07, 6.45) is -0.816. The Hall–Kier alpha value is -1.47. The van der Waals surface area contributed by atoms with Gasteiger partial charge in [0, 0.05) is 10.8 Å². The molecule has 110 valence electrons. The van der Waals surface area contributed by atoms with Gasteiger partial charge in [-0.3, -0.25) is 10.1 Å². The second-order valence-electron chi connectivity index (χ2n) is 5.81. The molecule has 0 aromatic carbocycles. The predicted octanol–water partition coefficient (Wildman–Crippen LogP) is 2.01. The lowest BCUT2D eigenvalue weighted by molar-refractivity contribution is -0.150. The van der Waals surface area contributed by atoms with Crippen molar-refractivity contribution in [2.75, 3.05) is 5.32 Å². The van der Waals surface area contributed by atoms with Gasteiger partial charge in [0.05, 0.1) is 5.69 Å². The molecule has 0 spiro atoms. The van der Waals surface area contributed by atoms with Crippen LogP contribution in [0.3, 0.4) is 0 Å². The van der Waals surface area contributed by atoms with Crippen molar-refractivity contribution >= 4 is 28.3 Å². The standard InChI is InChI=1S/C13H18N2O4S/c1-13(2,3)9-6-20-12(14-9)15-10(16)7-4-5-8(19-7)11(17)18/h6-8H,4-5H2,1-3H3,(H,17,18)(H,14,15,16)/t7-,8+/m0/s1. The van der Waals surface area contributed by atoms with E-state index in [0.29, 0.717) is 18.0 Å². The number of carboxylic acid groups (broad SMARTS) is 1. The van der Waals surface area contributed by atoms with Crippen LogP contribution in [-0.2, 0) is 19.7 Å². The van der Waals surface area contributed by atoms with Gasteiger partial charge in [-0.05, 0) is 12.8 Å². The monoisotopic (exact) mass is 298 g/mol. The van der Waals surface area contributed by atoms with Crippen molar-refractivity contribution in [3.63, 3.8) is 0 Å².